The number of nitrogens with one attached hydrogen (secondary N) is 2. The lowest BCUT2D eigenvalue weighted by molar-refractivity contribution is -0.112. The number of carbonyl (C=O) groups excluding carboxylic acids is 1. The number of piperazine rings is 1. The third-order valence-corrected chi connectivity index (χ3v) is 6.96. The first-order valence-corrected chi connectivity index (χ1v) is 13.5. The largest absolute Gasteiger partial charge is 0.324 e. The third kappa shape index (κ3) is 8.34. The first-order valence-electron chi connectivity index (χ1n) is 13.5. The Hall–Kier alpha value is -4.32. The van der Waals surface area contributed by atoms with Crippen molar-refractivity contribution in [3.8, 4) is 23.6 Å². The van der Waals surface area contributed by atoms with Gasteiger partial charge in [0.25, 0.3) is 5.91 Å². The molecule has 1 amide bonds. The number of aromatic nitrogens is 3. The fourth-order valence-electron chi connectivity index (χ4n) is 4.33. The molecule has 8 nitrogen and oxygen atoms in total. The van der Waals surface area contributed by atoms with E-state index in [2.05, 4.69) is 48.4 Å². The van der Waals surface area contributed by atoms with Gasteiger partial charge in [-0.1, -0.05) is 23.8 Å². The summed E-state index contributed by atoms with van der Waals surface area (Å²) in [7, 11) is 2.16. The number of nitrogens with zero attached hydrogens (tertiary/aromatic N) is 5. The molecule has 1 aliphatic heterocycles. The van der Waals surface area contributed by atoms with Crippen LogP contribution >= 0.6 is 0 Å². The zero-order valence-electron chi connectivity index (χ0n) is 23.5. The van der Waals surface area contributed by atoms with Crippen LogP contribution < -0.4 is 10.6 Å². The van der Waals surface area contributed by atoms with E-state index in [-0.39, 0.29) is 5.91 Å². The van der Waals surface area contributed by atoms with Crippen LogP contribution in [0.5, 0.6) is 0 Å². The highest BCUT2D eigenvalue weighted by molar-refractivity contribution is 6.03. The topological polar surface area (TPSA) is 86.3 Å². The van der Waals surface area contributed by atoms with Gasteiger partial charge in [-0.15, -0.1) is 12.3 Å². The monoisotopic (exact) mass is 535 g/mol. The molecule has 1 saturated heterocycles. The Morgan fingerprint density at radius 2 is 1.95 bits per heavy atom. The first kappa shape index (κ1) is 28.7. The number of hydrogen-bond donors (Lipinski definition) is 2. The van der Waals surface area contributed by atoms with E-state index in [1.54, 1.807) is 18.6 Å². The Morgan fingerprint density at radius 1 is 1.12 bits per heavy atom. The predicted octanol–water partition coefficient (Wildman–Crippen LogP) is 5.06. The summed E-state index contributed by atoms with van der Waals surface area (Å²) in [5, 5.41) is 6.28. The van der Waals surface area contributed by atoms with Crippen molar-refractivity contribution in [2.24, 2.45) is 0 Å². The molecule has 3 heterocycles. The summed E-state index contributed by atoms with van der Waals surface area (Å²) in [6.07, 6.45) is 16.2. The van der Waals surface area contributed by atoms with Crippen LogP contribution in [0.4, 0.5) is 17.3 Å². The van der Waals surface area contributed by atoms with E-state index < -0.39 is 0 Å². The van der Waals surface area contributed by atoms with Crippen LogP contribution in [-0.2, 0) is 4.79 Å². The quantitative estimate of drug-likeness (QED) is 0.213. The third-order valence-electron chi connectivity index (χ3n) is 6.96. The second-order valence-electron chi connectivity index (χ2n) is 10.1. The number of rotatable bonds is 10. The van der Waals surface area contributed by atoms with Crippen molar-refractivity contribution < 1.29 is 4.79 Å². The van der Waals surface area contributed by atoms with Crippen molar-refractivity contribution in [2.75, 3.05) is 50.4 Å². The normalized spacial score (nSPS) is 14.9. The van der Waals surface area contributed by atoms with Gasteiger partial charge in [-0.2, -0.15) is 0 Å². The van der Waals surface area contributed by atoms with Crippen LogP contribution in [-0.4, -0.2) is 70.4 Å². The molecule has 206 valence electrons. The molecule has 0 radical (unpaired) electrons. The second-order valence-corrected chi connectivity index (χ2v) is 10.1. The highest BCUT2D eigenvalue weighted by Crippen LogP contribution is 2.24. The number of benzene rings is 1. The molecule has 0 spiro atoms. The van der Waals surface area contributed by atoms with Gasteiger partial charge in [0.15, 0.2) is 0 Å². The van der Waals surface area contributed by atoms with Crippen molar-refractivity contribution in [2.45, 2.75) is 26.7 Å². The summed E-state index contributed by atoms with van der Waals surface area (Å²) in [6.45, 7) is 9.12. The predicted molar refractivity (Wildman–Crippen MR) is 162 cm³/mol. The maximum atomic E-state index is 13.0. The van der Waals surface area contributed by atoms with Gasteiger partial charge in [-0.25, -0.2) is 9.97 Å². The number of anilines is 3. The molecule has 3 aromatic rings. The Balaban J connectivity index is 1.39. The summed E-state index contributed by atoms with van der Waals surface area (Å²) < 4.78 is 0. The second kappa shape index (κ2) is 14.2. The molecule has 2 N–H and O–H groups in total. The van der Waals surface area contributed by atoms with Gasteiger partial charge in [-0.3, -0.25) is 9.78 Å². The average molecular weight is 536 g/mol. The van der Waals surface area contributed by atoms with Crippen LogP contribution in [0.15, 0.2) is 78.3 Å². The van der Waals surface area contributed by atoms with E-state index in [4.69, 9.17) is 6.42 Å². The minimum atomic E-state index is -0.167. The van der Waals surface area contributed by atoms with Crippen LogP contribution in [0.2, 0.25) is 0 Å². The molecule has 8 heteroatoms. The van der Waals surface area contributed by atoms with Crippen molar-refractivity contribution in [3.05, 3.63) is 83.9 Å². The molecule has 0 bridgehead atoms. The number of hydrogen-bond acceptors (Lipinski definition) is 7. The van der Waals surface area contributed by atoms with Gasteiger partial charge < -0.3 is 20.4 Å². The van der Waals surface area contributed by atoms with Crippen LogP contribution in [0.1, 0.15) is 25.3 Å². The van der Waals surface area contributed by atoms with E-state index in [1.807, 2.05) is 62.4 Å². The maximum Gasteiger partial charge on any atom is 0.251 e. The summed E-state index contributed by atoms with van der Waals surface area (Å²) in [4.78, 5) is 30.9. The highest BCUT2D eigenvalue weighted by Gasteiger charge is 2.14. The Kier molecular flexibility index (Phi) is 10.2. The number of pyridine rings is 1. The van der Waals surface area contributed by atoms with Crippen molar-refractivity contribution in [3.63, 3.8) is 0 Å². The van der Waals surface area contributed by atoms with Gasteiger partial charge >= 0.3 is 0 Å². The lowest BCUT2D eigenvalue weighted by Crippen LogP contribution is -2.44. The van der Waals surface area contributed by atoms with Gasteiger partial charge in [0, 0.05) is 80.2 Å². The Morgan fingerprint density at radius 3 is 2.70 bits per heavy atom. The van der Waals surface area contributed by atoms with Gasteiger partial charge in [0.05, 0.1) is 5.69 Å². The van der Waals surface area contributed by atoms with Gasteiger partial charge in [0.1, 0.15) is 0 Å². The lowest BCUT2D eigenvalue weighted by Gasteiger charge is -2.32. The van der Waals surface area contributed by atoms with E-state index in [1.165, 1.54) is 0 Å². The fraction of sp³-hybridized carbons (Fsp3) is 0.312. The molecule has 1 fully saturated rings. The molecule has 0 saturated carbocycles. The van der Waals surface area contributed by atoms with E-state index >= 15 is 0 Å². The molecule has 4 rings (SSSR count). The van der Waals surface area contributed by atoms with Gasteiger partial charge in [-0.05, 0) is 63.2 Å². The molecule has 1 aromatic carbocycles. The Bertz CT molecular complexity index is 1400. The summed E-state index contributed by atoms with van der Waals surface area (Å²) in [5.74, 6) is 3.05. The molecule has 2 aromatic heterocycles. The number of likely N-dealkylation sites (N-methyl/N-ethyl adjacent to an activating group) is 1. The molecule has 0 aliphatic carbocycles. The number of terminal acetylenes is 1. The Labute approximate surface area is 237 Å². The van der Waals surface area contributed by atoms with E-state index in [0.29, 0.717) is 23.6 Å². The fourth-order valence-corrected chi connectivity index (χ4v) is 4.33. The minimum absolute atomic E-state index is 0.167. The molecule has 0 unspecified atom stereocenters. The summed E-state index contributed by atoms with van der Waals surface area (Å²) >= 11 is 0. The molecular formula is C32H37N7O. The minimum Gasteiger partial charge on any atom is -0.324 e. The molecule has 40 heavy (non-hydrogen) atoms. The maximum absolute atomic E-state index is 13.0. The zero-order valence-corrected chi connectivity index (χ0v) is 23.5. The summed E-state index contributed by atoms with van der Waals surface area (Å²) in [6, 6.07) is 11.4. The van der Waals surface area contributed by atoms with Crippen molar-refractivity contribution in [1.29, 1.82) is 0 Å². The highest BCUT2D eigenvalue weighted by atomic mass is 16.1. The van der Waals surface area contributed by atoms with Crippen LogP contribution in [0.3, 0.4) is 0 Å². The van der Waals surface area contributed by atoms with E-state index in [9.17, 15) is 4.79 Å². The molecule has 1 aliphatic rings. The molecule has 0 atom stereocenters. The average Bonchev–Trinajstić information content (AvgIpc) is 2.97. The smallest absolute Gasteiger partial charge is 0.251 e. The number of carbonyl (C=O) groups is 1. The summed E-state index contributed by atoms with van der Waals surface area (Å²) in [5.41, 5.74) is 5.93. The molecular weight excluding hydrogens is 498 g/mol. The van der Waals surface area contributed by atoms with Crippen LogP contribution in [0, 0.1) is 19.3 Å². The number of allylic oxidation sites excluding steroid dienone is 2. The van der Waals surface area contributed by atoms with Crippen LogP contribution in [0.25, 0.3) is 11.3 Å². The van der Waals surface area contributed by atoms with Crippen molar-refractivity contribution >= 4 is 23.2 Å². The number of aryl methyl sites for hydroxylation is 1. The SMILES string of the molecule is C#CC/C(=C\C=C(/C)C(=O)Nc1ccc(C)c(Nc2nccc(-c3cccnc3)n2)c1)CCN1CCN(C)CC1. The van der Waals surface area contributed by atoms with Gasteiger partial charge in [0.2, 0.25) is 5.95 Å². The standard InChI is InChI=1S/C32H37N7O/c1-5-7-26(14-17-39-20-18-38(4)19-21-39)11-9-25(3)31(40)35-28-12-10-24(2)30(22-28)37-32-34-16-13-29(36-32)27-8-6-15-33-23-27/h1,6,8-13,15-16,22-23H,7,14,17-21H2,2-4H3,(H,35,40)(H,34,36,37)/b25-9+,26-11+. The first-order chi connectivity index (χ1) is 19.4. The lowest BCUT2D eigenvalue weighted by atomic mass is 10.1. The number of amides is 1. The van der Waals surface area contributed by atoms with E-state index in [0.717, 1.165) is 67.2 Å². The van der Waals surface area contributed by atoms with Crippen molar-refractivity contribution in [1.82, 2.24) is 24.8 Å². The zero-order chi connectivity index (χ0) is 28.3.